The van der Waals surface area contributed by atoms with Crippen LogP contribution in [0.25, 0.3) is 22.3 Å². The average molecular weight is 378 g/mol. The summed E-state index contributed by atoms with van der Waals surface area (Å²) in [6.45, 7) is 0.688. The summed E-state index contributed by atoms with van der Waals surface area (Å²) in [5.41, 5.74) is 0.919. The molecule has 6 nitrogen and oxygen atoms in total. The Morgan fingerprint density at radius 3 is 2.59 bits per heavy atom. The molecule has 0 aliphatic carbocycles. The normalized spacial score (nSPS) is 11.7. The van der Waals surface area contributed by atoms with Crippen LogP contribution in [0.15, 0.2) is 36.5 Å². The first-order valence-electron chi connectivity index (χ1n) is 8.09. The number of halogens is 3. The maximum atomic E-state index is 12.8. The van der Waals surface area contributed by atoms with E-state index in [0.717, 1.165) is 12.1 Å². The van der Waals surface area contributed by atoms with Crippen LogP contribution in [0.2, 0.25) is 0 Å². The zero-order valence-electron chi connectivity index (χ0n) is 14.7. The van der Waals surface area contributed by atoms with Gasteiger partial charge < -0.3 is 10.1 Å². The van der Waals surface area contributed by atoms with Crippen molar-refractivity contribution in [2.24, 2.45) is 7.05 Å². The minimum atomic E-state index is -4.41. The number of nitrogens with one attached hydrogen (secondary N) is 1. The Hall–Kier alpha value is -2.94. The lowest BCUT2D eigenvalue weighted by atomic mass is 10.0. The van der Waals surface area contributed by atoms with Gasteiger partial charge in [0.25, 0.3) is 5.91 Å². The second kappa shape index (κ2) is 7.36. The number of nitrogens with zero attached hydrogens (tertiary/aromatic N) is 3. The molecule has 3 aromatic rings. The molecule has 3 rings (SSSR count). The Labute approximate surface area is 153 Å². The predicted octanol–water partition coefficient (Wildman–Crippen LogP) is 3.03. The zero-order chi connectivity index (χ0) is 19.6. The van der Waals surface area contributed by atoms with Gasteiger partial charge in [0.1, 0.15) is 0 Å². The molecule has 0 spiro atoms. The molecule has 1 amide bonds. The summed E-state index contributed by atoms with van der Waals surface area (Å²) in [6, 6.07) is 6.19. The zero-order valence-corrected chi connectivity index (χ0v) is 14.7. The van der Waals surface area contributed by atoms with Gasteiger partial charge in [0.05, 0.1) is 35.0 Å². The van der Waals surface area contributed by atoms with Crippen molar-refractivity contribution in [3.63, 3.8) is 0 Å². The van der Waals surface area contributed by atoms with E-state index in [1.165, 1.54) is 30.1 Å². The van der Waals surface area contributed by atoms with E-state index in [0.29, 0.717) is 41.0 Å². The van der Waals surface area contributed by atoms with Crippen molar-refractivity contribution in [3.05, 3.63) is 47.7 Å². The summed E-state index contributed by atoms with van der Waals surface area (Å²) in [7, 11) is 3.21. The lowest BCUT2D eigenvalue weighted by molar-refractivity contribution is -0.137. The number of fused-ring (bicyclic) bond motifs is 1. The molecule has 27 heavy (non-hydrogen) atoms. The van der Waals surface area contributed by atoms with Crippen LogP contribution in [0.1, 0.15) is 15.9 Å². The number of hydrogen-bond acceptors (Lipinski definition) is 4. The van der Waals surface area contributed by atoms with E-state index in [-0.39, 0.29) is 5.91 Å². The smallest absolute Gasteiger partial charge is 0.383 e. The van der Waals surface area contributed by atoms with Crippen molar-refractivity contribution < 1.29 is 22.7 Å². The van der Waals surface area contributed by atoms with E-state index in [2.05, 4.69) is 15.4 Å². The summed E-state index contributed by atoms with van der Waals surface area (Å²) < 4.78 is 44.7. The second-order valence-corrected chi connectivity index (χ2v) is 5.88. The number of carbonyl (C=O) groups is 1. The van der Waals surface area contributed by atoms with Gasteiger partial charge in [-0.2, -0.15) is 18.3 Å². The Morgan fingerprint density at radius 1 is 1.26 bits per heavy atom. The molecule has 1 N–H and O–H groups in total. The molecule has 0 aliphatic rings. The molecule has 142 valence electrons. The average Bonchev–Trinajstić information content (AvgIpc) is 3.01. The van der Waals surface area contributed by atoms with Gasteiger partial charge in [-0.3, -0.25) is 9.48 Å². The van der Waals surface area contributed by atoms with E-state index in [4.69, 9.17) is 4.74 Å². The van der Waals surface area contributed by atoms with Crippen LogP contribution in [0.5, 0.6) is 0 Å². The Balaban J connectivity index is 2.03. The Kier molecular flexibility index (Phi) is 5.13. The molecule has 0 unspecified atom stereocenters. The fourth-order valence-electron chi connectivity index (χ4n) is 2.64. The molecule has 0 aliphatic heterocycles. The quantitative estimate of drug-likeness (QED) is 0.693. The van der Waals surface area contributed by atoms with Crippen LogP contribution in [0.3, 0.4) is 0 Å². The SMILES string of the molecule is COCCNC(=O)c1cc(-c2ccc(C(F)(F)F)cc2)nc2c1cnn2C. The van der Waals surface area contributed by atoms with Crippen molar-refractivity contribution in [3.8, 4) is 11.3 Å². The molecule has 1 aromatic carbocycles. The molecule has 2 aromatic heterocycles. The predicted molar refractivity (Wildman–Crippen MR) is 93.2 cm³/mol. The highest BCUT2D eigenvalue weighted by Crippen LogP contribution is 2.31. The van der Waals surface area contributed by atoms with Gasteiger partial charge in [0.15, 0.2) is 5.65 Å². The van der Waals surface area contributed by atoms with Crippen molar-refractivity contribution >= 4 is 16.9 Å². The lowest BCUT2D eigenvalue weighted by Crippen LogP contribution is -2.27. The summed E-state index contributed by atoms with van der Waals surface area (Å²) in [5.74, 6) is -0.333. The fraction of sp³-hybridized carbons (Fsp3) is 0.278. The number of alkyl halides is 3. The number of hydrogen-bond donors (Lipinski definition) is 1. The first kappa shape index (κ1) is 18.8. The highest BCUT2D eigenvalue weighted by atomic mass is 19.4. The lowest BCUT2D eigenvalue weighted by Gasteiger charge is -2.10. The second-order valence-electron chi connectivity index (χ2n) is 5.88. The number of ether oxygens (including phenoxy) is 1. The van der Waals surface area contributed by atoms with Gasteiger partial charge in [-0.15, -0.1) is 0 Å². The van der Waals surface area contributed by atoms with E-state index >= 15 is 0 Å². The Bertz CT molecular complexity index is 965. The van der Waals surface area contributed by atoms with Gasteiger partial charge in [-0.05, 0) is 18.2 Å². The fourth-order valence-corrected chi connectivity index (χ4v) is 2.64. The van der Waals surface area contributed by atoms with Crippen molar-refractivity contribution in [1.29, 1.82) is 0 Å². The molecule has 0 saturated heterocycles. The number of rotatable bonds is 5. The van der Waals surface area contributed by atoms with E-state index in [1.807, 2.05) is 0 Å². The summed E-state index contributed by atoms with van der Waals surface area (Å²) in [4.78, 5) is 17.0. The van der Waals surface area contributed by atoms with E-state index in [1.54, 1.807) is 13.1 Å². The standard InChI is InChI=1S/C18H17F3N4O2/c1-25-16-14(10-23-25)13(17(26)22-7-8-27-2)9-15(24-16)11-3-5-12(6-4-11)18(19,20)21/h3-6,9-10H,7-8H2,1-2H3,(H,22,26). The van der Waals surface area contributed by atoms with Crippen LogP contribution >= 0.6 is 0 Å². The van der Waals surface area contributed by atoms with Crippen LogP contribution in [-0.2, 0) is 18.0 Å². The number of amides is 1. The largest absolute Gasteiger partial charge is 0.416 e. The van der Waals surface area contributed by atoms with Crippen LogP contribution in [-0.4, -0.2) is 40.9 Å². The Morgan fingerprint density at radius 2 is 1.96 bits per heavy atom. The molecular formula is C18H17F3N4O2. The number of aryl methyl sites for hydroxylation is 1. The van der Waals surface area contributed by atoms with Gasteiger partial charge >= 0.3 is 6.18 Å². The number of aromatic nitrogens is 3. The maximum absolute atomic E-state index is 12.8. The third-order valence-electron chi connectivity index (χ3n) is 4.05. The molecule has 0 fully saturated rings. The van der Waals surface area contributed by atoms with Crippen LogP contribution in [0.4, 0.5) is 13.2 Å². The molecule has 0 radical (unpaired) electrons. The van der Waals surface area contributed by atoms with E-state index < -0.39 is 11.7 Å². The van der Waals surface area contributed by atoms with Gasteiger partial charge in [0.2, 0.25) is 0 Å². The van der Waals surface area contributed by atoms with E-state index in [9.17, 15) is 18.0 Å². The highest BCUT2D eigenvalue weighted by molar-refractivity contribution is 6.06. The highest BCUT2D eigenvalue weighted by Gasteiger charge is 2.30. The monoisotopic (exact) mass is 378 g/mol. The van der Waals surface area contributed by atoms with Crippen molar-refractivity contribution in [2.75, 3.05) is 20.3 Å². The number of methoxy groups -OCH3 is 1. The summed E-state index contributed by atoms with van der Waals surface area (Å²) >= 11 is 0. The summed E-state index contributed by atoms with van der Waals surface area (Å²) in [5, 5.41) is 7.41. The molecular weight excluding hydrogens is 361 g/mol. The van der Waals surface area contributed by atoms with Crippen molar-refractivity contribution in [2.45, 2.75) is 6.18 Å². The third kappa shape index (κ3) is 3.92. The topological polar surface area (TPSA) is 69.0 Å². The molecule has 2 heterocycles. The summed E-state index contributed by atoms with van der Waals surface area (Å²) in [6.07, 6.45) is -2.88. The first-order chi connectivity index (χ1) is 12.8. The maximum Gasteiger partial charge on any atom is 0.416 e. The molecule has 0 saturated carbocycles. The van der Waals surface area contributed by atoms with Crippen LogP contribution < -0.4 is 5.32 Å². The minimum absolute atomic E-state index is 0.328. The molecule has 0 bridgehead atoms. The molecule has 0 atom stereocenters. The van der Waals surface area contributed by atoms with Gasteiger partial charge in [-0.25, -0.2) is 4.98 Å². The molecule has 9 heteroatoms. The number of carbonyl (C=O) groups excluding carboxylic acids is 1. The number of pyridine rings is 1. The van der Waals surface area contributed by atoms with Gasteiger partial charge in [0, 0.05) is 26.3 Å². The van der Waals surface area contributed by atoms with Crippen molar-refractivity contribution in [1.82, 2.24) is 20.1 Å². The number of benzene rings is 1. The van der Waals surface area contributed by atoms with Gasteiger partial charge in [-0.1, -0.05) is 12.1 Å². The minimum Gasteiger partial charge on any atom is -0.383 e. The van der Waals surface area contributed by atoms with Crippen LogP contribution in [0, 0.1) is 0 Å². The first-order valence-corrected chi connectivity index (χ1v) is 8.09. The third-order valence-corrected chi connectivity index (χ3v) is 4.05.